The number of amides is 1. The zero-order valence-electron chi connectivity index (χ0n) is 19.0. The highest BCUT2D eigenvalue weighted by Gasteiger charge is 2.25. The number of benzene rings is 2. The van der Waals surface area contributed by atoms with E-state index in [0.717, 1.165) is 32.9 Å². The minimum Gasteiger partial charge on any atom is -0.383 e. The molecule has 0 aliphatic heterocycles. The second-order valence-corrected chi connectivity index (χ2v) is 8.34. The quantitative estimate of drug-likeness (QED) is 0.412. The number of hydrogen-bond donors (Lipinski definition) is 1. The maximum atomic E-state index is 13.8. The van der Waals surface area contributed by atoms with Gasteiger partial charge < -0.3 is 10.6 Å². The van der Waals surface area contributed by atoms with Gasteiger partial charge in [-0.1, -0.05) is 24.3 Å². The number of pyridine rings is 2. The van der Waals surface area contributed by atoms with Crippen molar-refractivity contribution in [1.29, 1.82) is 0 Å². The molecule has 0 aliphatic rings. The van der Waals surface area contributed by atoms with E-state index in [2.05, 4.69) is 19.9 Å². The first-order chi connectivity index (χ1) is 16.5. The topological polar surface area (TPSA) is 97.9 Å². The van der Waals surface area contributed by atoms with Crippen LogP contribution in [-0.4, -0.2) is 30.7 Å². The van der Waals surface area contributed by atoms with Crippen LogP contribution in [0.1, 0.15) is 40.4 Å². The number of fused-ring (bicyclic) bond motifs is 2. The molecule has 5 aromatic rings. The molecule has 2 N–H and O–H groups in total. The number of hydrogen-bond acceptors (Lipinski definition) is 6. The normalized spacial score (nSPS) is 12.1. The molecule has 3 aromatic heterocycles. The Balaban J connectivity index is 1.54. The van der Waals surface area contributed by atoms with Crippen LogP contribution in [0.5, 0.6) is 0 Å². The molecule has 0 saturated heterocycles. The summed E-state index contributed by atoms with van der Waals surface area (Å²) in [5.41, 5.74) is 8.93. The maximum Gasteiger partial charge on any atom is 0.254 e. The summed E-state index contributed by atoms with van der Waals surface area (Å²) >= 11 is 0. The molecule has 0 saturated carbocycles. The van der Waals surface area contributed by atoms with Crippen LogP contribution in [0, 0.1) is 6.92 Å². The van der Waals surface area contributed by atoms with Gasteiger partial charge in [0.15, 0.2) is 0 Å². The van der Waals surface area contributed by atoms with E-state index >= 15 is 0 Å². The van der Waals surface area contributed by atoms with Crippen molar-refractivity contribution < 1.29 is 4.79 Å². The largest absolute Gasteiger partial charge is 0.383 e. The molecule has 0 aliphatic carbocycles. The Morgan fingerprint density at radius 3 is 2.50 bits per heavy atom. The number of anilines is 1. The Hall–Kier alpha value is -4.39. The highest BCUT2D eigenvalue weighted by Crippen LogP contribution is 2.25. The number of nitrogens with two attached hydrogens (primary N) is 1. The summed E-state index contributed by atoms with van der Waals surface area (Å²) in [7, 11) is 0. The maximum absolute atomic E-state index is 13.8. The molecule has 7 heteroatoms. The molecule has 34 heavy (non-hydrogen) atoms. The van der Waals surface area contributed by atoms with Crippen LogP contribution < -0.4 is 5.73 Å². The van der Waals surface area contributed by atoms with Gasteiger partial charge in [0.25, 0.3) is 5.91 Å². The third-order valence-electron chi connectivity index (χ3n) is 6.00. The molecule has 7 nitrogen and oxygen atoms in total. The van der Waals surface area contributed by atoms with E-state index in [4.69, 9.17) is 5.73 Å². The first kappa shape index (κ1) is 21.5. The van der Waals surface area contributed by atoms with Crippen LogP contribution in [-0.2, 0) is 6.54 Å². The van der Waals surface area contributed by atoms with Gasteiger partial charge >= 0.3 is 0 Å². The van der Waals surface area contributed by atoms with Gasteiger partial charge in [-0.05, 0) is 61.2 Å². The van der Waals surface area contributed by atoms with Crippen LogP contribution >= 0.6 is 0 Å². The number of nitrogen functional groups attached to an aromatic ring is 1. The van der Waals surface area contributed by atoms with E-state index in [9.17, 15) is 4.79 Å². The standard InChI is InChI=1S/C27H24N6O/c1-17-12-22-13-20(8-9-24(22)32-25(17)28)27(34)33(18(2)26-29-10-5-11-30-26)16-23-14-19-6-3-4-7-21(19)15-31-23/h3-15,18H,16H2,1-2H3,(H2,28,32). The number of aryl methyl sites for hydroxylation is 1. The van der Waals surface area contributed by atoms with Gasteiger partial charge in [-0.25, -0.2) is 15.0 Å². The summed E-state index contributed by atoms with van der Waals surface area (Å²) in [4.78, 5) is 33.4. The molecule has 1 atom stereocenters. The van der Waals surface area contributed by atoms with E-state index < -0.39 is 0 Å². The summed E-state index contributed by atoms with van der Waals surface area (Å²) in [5.74, 6) is 0.930. The van der Waals surface area contributed by atoms with Crippen LogP contribution in [0.25, 0.3) is 21.7 Å². The zero-order chi connectivity index (χ0) is 23.7. The Kier molecular flexibility index (Phi) is 5.59. The fourth-order valence-electron chi connectivity index (χ4n) is 4.04. The first-order valence-electron chi connectivity index (χ1n) is 11.1. The van der Waals surface area contributed by atoms with Gasteiger partial charge in [0.2, 0.25) is 0 Å². The molecular formula is C27H24N6O. The number of carbonyl (C=O) groups excluding carboxylic acids is 1. The lowest BCUT2D eigenvalue weighted by molar-refractivity contribution is 0.0663. The summed E-state index contributed by atoms with van der Waals surface area (Å²) in [6.07, 6.45) is 5.21. The van der Waals surface area contributed by atoms with Crippen molar-refractivity contribution in [3.8, 4) is 0 Å². The molecule has 5 rings (SSSR count). The average Bonchev–Trinajstić information content (AvgIpc) is 2.87. The SMILES string of the molecule is Cc1cc2cc(C(=O)N(Cc3cc4ccccc4cn3)C(C)c3ncccn3)ccc2nc1N. The highest BCUT2D eigenvalue weighted by molar-refractivity contribution is 5.98. The predicted octanol–water partition coefficient (Wildman–Crippen LogP) is 4.87. The van der Waals surface area contributed by atoms with Crippen LogP contribution in [0.3, 0.4) is 0 Å². The highest BCUT2D eigenvalue weighted by atomic mass is 16.2. The average molecular weight is 449 g/mol. The summed E-state index contributed by atoms with van der Waals surface area (Å²) < 4.78 is 0. The summed E-state index contributed by atoms with van der Waals surface area (Å²) in [6, 6.07) is 18.9. The van der Waals surface area contributed by atoms with Crippen molar-refractivity contribution in [2.24, 2.45) is 0 Å². The van der Waals surface area contributed by atoms with Gasteiger partial charge in [-0.15, -0.1) is 0 Å². The lowest BCUT2D eigenvalue weighted by Crippen LogP contribution is -2.34. The summed E-state index contributed by atoms with van der Waals surface area (Å²) in [6.45, 7) is 4.16. The Bertz CT molecular complexity index is 1500. The number of aromatic nitrogens is 4. The molecule has 0 radical (unpaired) electrons. The molecule has 0 bridgehead atoms. The van der Waals surface area contributed by atoms with Crippen molar-refractivity contribution >= 4 is 33.4 Å². The monoisotopic (exact) mass is 448 g/mol. The van der Waals surface area contributed by atoms with E-state index in [0.29, 0.717) is 23.8 Å². The number of rotatable bonds is 5. The second-order valence-electron chi connectivity index (χ2n) is 8.34. The minimum atomic E-state index is -0.357. The zero-order valence-corrected chi connectivity index (χ0v) is 19.0. The van der Waals surface area contributed by atoms with E-state index in [-0.39, 0.29) is 11.9 Å². The molecule has 0 fully saturated rings. The molecule has 0 spiro atoms. The fraction of sp³-hybridized carbons (Fsp3) is 0.148. The second kappa shape index (κ2) is 8.86. The van der Waals surface area contributed by atoms with Crippen LogP contribution in [0.15, 0.2) is 79.3 Å². The lowest BCUT2D eigenvalue weighted by atomic mass is 10.1. The van der Waals surface area contributed by atoms with Gasteiger partial charge in [0.05, 0.1) is 23.8 Å². The van der Waals surface area contributed by atoms with E-state index in [1.807, 2.05) is 68.6 Å². The third-order valence-corrected chi connectivity index (χ3v) is 6.00. The Morgan fingerprint density at radius 1 is 0.941 bits per heavy atom. The van der Waals surface area contributed by atoms with Crippen molar-refractivity contribution in [2.45, 2.75) is 26.4 Å². The minimum absolute atomic E-state index is 0.133. The van der Waals surface area contributed by atoms with Crippen LogP contribution in [0.2, 0.25) is 0 Å². The predicted molar refractivity (Wildman–Crippen MR) is 133 cm³/mol. The molecular weight excluding hydrogens is 424 g/mol. The third kappa shape index (κ3) is 4.15. The van der Waals surface area contributed by atoms with Gasteiger partial charge in [0, 0.05) is 34.9 Å². The van der Waals surface area contributed by atoms with Crippen LogP contribution in [0.4, 0.5) is 5.82 Å². The molecule has 3 heterocycles. The molecule has 2 aromatic carbocycles. The number of nitrogens with zero attached hydrogens (tertiary/aromatic N) is 5. The smallest absolute Gasteiger partial charge is 0.254 e. The molecule has 1 amide bonds. The van der Waals surface area contributed by atoms with Gasteiger partial charge in [0.1, 0.15) is 11.6 Å². The van der Waals surface area contributed by atoms with Crippen molar-refractivity contribution in [2.75, 3.05) is 5.73 Å². The van der Waals surface area contributed by atoms with E-state index in [1.54, 1.807) is 29.4 Å². The molecule has 1 unspecified atom stereocenters. The number of carbonyl (C=O) groups is 1. The fourth-order valence-corrected chi connectivity index (χ4v) is 4.04. The summed E-state index contributed by atoms with van der Waals surface area (Å²) in [5, 5.41) is 3.00. The van der Waals surface area contributed by atoms with Gasteiger partial charge in [-0.3, -0.25) is 9.78 Å². The van der Waals surface area contributed by atoms with Crippen molar-refractivity contribution in [1.82, 2.24) is 24.8 Å². The lowest BCUT2D eigenvalue weighted by Gasteiger charge is -2.28. The Labute approximate surface area is 197 Å². The van der Waals surface area contributed by atoms with Crippen molar-refractivity contribution in [3.05, 3.63) is 102 Å². The first-order valence-corrected chi connectivity index (χ1v) is 11.1. The van der Waals surface area contributed by atoms with Gasteiger partial charge in [-0.2, -0.15) is 0 Å². The van der Waals surface area contributed by atoms with Crippen molar-refractivity contribution in [3.63, 3.8) is 0 Å². The van der Waals surface area contributed by atoms with E-state index in [1.165, 1.54) is 0 Å². The molecule has 168 valence electrons. The Morgan fingerprint density at radius 2 is 1.71 bits per heavy atom.